The molecule has 1 aromatic heterocycles. The molecule has 156 valence electrons. The van der Waals surface area contributed by atoms with Crippen LogP contribution in [-0.4, -0.2) is 32.5 Å². The van der Waals surface area contributed by atoms with E-state index in [1.807, 2.05) is 48.5 Å². The van der Waals surface area contributed by atoms with Crippen LogP contribution in [0.1, 0.15) is 21.6 Å². The summed E-state index contributed by atoms with van der Waals surface area (Å²) in [6, 6.07) is 16.3. The van der Waals surface area contributed by atoms with Crippen molar-refractivity contribution in [3.8, 4) is 5.75 Å². The highest BCUT2D eigenvalue weighted by atomic mass is 32.2. The third-order valence-corrected chi connectivity index (χ3v) is 7.06. The lowest BCUT2D eigenvalue weighted by molar-refractivity contribution is 0.0942. The van der Waals surface area contributed by atoms with Crippen LogP contribution >= 0.6 is 0 Å². The van der Waals surface area contributed by atoms with Gasteiger partial charge in [-0.05, 0) is 30.2 Å². The van der Waals surface area contributed by atoms with Crippen molar-refractivity contribution in [1.29, 1.82) is 0 Å². The largest absolute Gasteiger partial charge is 0.496 e. The first-order valence-electron chi connectivity index (χ1n) is 9.59. The maximum Gasteiger partial charge on any atom is 0.268 e. The zero-order chi connectivity index (χ0) is 21.3. The van der Waals surface area contributed by atoms with Crippen molar-refractivity contribution in [2.24, 2.45) is 7.05 Å². The molecule has 0 radical (unpaired) electrons. The van der Waals surface area contributed by atoms with Crippen LogP contribution < -0.4 is 14.4 Å². The number of amides is 1. The van der Waals surface area contributed by atoms with Crippen LogP contribution in [0, 0.1) is 0 Å². The Morgan fingerprint density at radius 1 is 1.13 bits per heavy atom. The van der Waals surface area contributed by atoms with Crippen LogP contribution in [0.4, 0.5) is 5.69 Å². The molecule has 3 aromatic rings. The first kappa shape index (κ1) is 20.0. The number of hydrogen-bond acceptors (Lipinski definition) is 4. The molecular weight excluding hydrogens is 402 g/mol. The number of fused-ring (bicyclic) bond motifs is 1. The predicted molar refractivity (Wildman–Crippen MR) is 114 cm³/mol. The van der Waals surface area contributed by atoms with Gasteiger partial charge in [-0.1, -0.05) is 36.4 Å². The fourth-order valence-electron chi connectivity index (χ4n) is 3.70. The number of anilines is 1. The molecule has 4 rings (SSSR count). The Hall–Kier alpha value is -3.26. The average molecular weight is 426 g/mol. The van der Waals surface area contributed by atoms with E-state index in [4.69, 9.17) is 4.74 Å². The van der Waals surface area contributed by atoms with Crippen molar-refractivity contribution in [3.63, 3.8) is 0 Å². The molecule has 1 aliphatic rings. The van der Waals surface area contributed by atoms with Gasteiger partial charge in [0.2, 0.25) is 0 Å². The number of carbonyl (C=O) groups is 1. The van der Waals surface area contributed by atoms with Gasteiger partial charge in [0.15, 0.2) is 0 Å². The highest BCUT2D eigenvalue weighted by Crippen LogP contribution is 2.33. The molecule has 1 N–H and O–H groups in total. The summed E-state index contributed by atoms with van der Waals surface area (Å²) in [6.07, 6.45) is 2.16. The van der Waals surface area contributed by atoms with Crippen LogP contribution in [0.5, 0.6) is 5.75 Å². The Balaban J connectivity index is 1.55. The van der Waals surface area contributed by atoms with Gasteiger partial charge in [0.1, 0.15) is 16.3 Å². The van der Waals surface area contributed by atoms with Crippen LogP contribution in [0.15, 0.2) is 65.7 Å². The monoisotopic (exact) mass is 425 g/mol. The van der Waals surface area contributed by atoms with Gasteiger partial charge in [-0.25, -0.2) is 8.42 Å². The molecule has 0 spiro atoms. The normalized spacial score (nSPS) is 13.2. The van der Waals surface area contributed by atoms with Crippen LogP contribution in [0.2, 0.25) is 0 Å². The van der Waals surface area contributed by atoms with Crippen LogP contribution in [0.3, 0.4) is 0 Å². The first-order chi connectivity index (χ1) is 14.4. The van der Waals surface area contributed by atoms with Crippen molar-refractivity contribution < 1.29 is 17.9 Å². The van der Waals surface area contributed by atoms with E-state index < -0.39 is 10.0 Å². The summed E-state index contributed by atoms with van der Waals surface area (Å²) < 4.78 is 34.7. The summed E-state index contributed by atoms with van der Waals surface area (Å²) in [5, 5.41) is 2.83. The number of sulfonamides is 1. The minimum atomic E-state index is -3.75. The summed E-state index contributed by atoms with van der Waals surface area (Å²) in [5.74, 6) is 0.326. The molecule has 1 amide bonds. The predicted octanol–water partition coefficient (Wildman–Crippen LogP) is 2.72. The number of nitrogens with one attached hydrogen (secondary N) is 1. The maximum atomic E-state index is 13.2. The van der Waals surface area contributed by atoms with Gasteiger partial charge in [0.25, 0.3) is 15.9 Å². The van der Waals surface area contributed by atoms with Crippen molar-refractivity contribution in [3.05, 3.63) is 77.6 Å². The second-order valence-corrected chi connectivity index (χ2v) is 8.98. The smallest absolute Gasteiger partial charge is 0.268 e. The number of ether oxygens (including phenoxy) is 1. The summed E-state index contributed by atoms with van der Waals surface area (Å²) in [7, 11) is -0.516. The average Bonchev–Trinajstić information content (AvgIpc) is 3.36. The summed E-state index contributed by atoms with van der Waals surface area (Å²) in [5.41, 5.74) is 2.82. The SMILES string of the molecule is COc1ccccc1CNC(=O)c1cc(S(=O)(=O)N2CCc3ccccc32)cn1C. The molecule has 30 heavy (non-hydrogen) atoms. The fraction of sp³-hybridized carbons (Fsp3) is 0.227. The lowest BCUT2D eigenvalue weighted by Gasteiger charge is -2.18. The molecule has 7 nitrogen and oxygen atoms in total. The van der Waals surface area contributed by atoms with E-state index in [0.717, 1.165) is 11.1 Å². The van der Waals surface area contributed by atoms with Crippen LogP contribution in [-0.2, 0) is 30.0 Å². The van der Waals surface area contributed by atoms with Gasteiger partial charge in [-0.15, -0.1) is 0 Å². The van der Waals surface area contributed by atoms with E-state index in [9.17, 15) is 13.2 Å². The minimum Gasteiger partial charge on any atom is -0.496 e. The van der Waals surface area contributed by atoms with Gasteiger partial charge in [0.05, 0.1) is 12.8 Å². The molecule has 0 saturated heterocycles. The number of aryl methyl sites for hydroxylation is 1. The third kappa shape index (κ3) is 3.54. The van der Waals surface area contributed by atoms with Gasteiger partial charge in [-0.2, -0.15) is 0 Å². The van der Waals surface area contributed by atoms with Crippen molar-refractivity contribution in [2.45, 2.75) is 17.9 Å². The highest BCUT2D eigenvalue weighted by molar-refractivity contribution is 7.92. The molecular formula is C22H23N3O4S. The molecule has 0 bridgehead atoms. The molecule has 2 aromatic carbocycles. The van der Waals surface area contributed by atoms with E-state index in [1.54, 1.807) is 14.2 Å². The summed E-state index contributed by atoms with van der Waals surface area (Å²) in [4.78, 5) is 12.8. The highest BCUT2D eigenvalue weighted by Gasteiger charge is 2.32. The Labute approximate surface area is 175 Å². The molecule has 8 heteroatoms. The Morgan fingerprint density at radius 2 is 1.87 bits per heavy atom. The second-order valence-electron chi connectivity index (χ2n) is 7.12. The first-order valence-corrected chi connectivity index (χ1v) is 11.0. The minimum absolute atomic E-state index is 0.101. The van der Waals surface area contributed by atoms with Crippen LogP contribution in [0.25, 0.3) is 0 Å². The van der Waals surface area contributed by atoms with E-state index in [1.165, 1.54) is 21.1 Å². The van der Waals surface area contributed by atoms with E-state index in [0.29, 0.717) is 24.4 Å². The fourth-order valence-corrected chi connectivity index (χ4v) is 5.28. The number of rotatable bonds is 6. The Morgan fingerprint density at radius 3 is 2.67 bits per heavy atom. The topological polar surface area (TPSA) is 80.6 Å². The Bertz CT molecular complexity index is 1200. The summed E-state index contributed by atoms with van der Waals surface area (Å²) in [6.45, 7) is 0.668. The number of methoxy groups -OCH3 is 1. The summed E-state index contributed by atoms with van der Waals surface area (Å²) >= 11 is 0. The molecule has 0 atom stereocenters. The van der Waals surface area contributed by atoms with Crippen molar-refractivity contribution in [1.82, 2.24) is 9.88 Å². The van der Waals surface area contributed by atoms with E-state index >= 15 is 0 Å². The molecule has 1 aliphatic heterocycles. The molecule has 0 unspecified atom stereocenters. The second kappa shape index (κ2) is 7.87. The number of para-hydroxylation sites is 2. The van der Waals surface area contributed by atoms with E-state index in [2.05, 4.69) is 5.32 Å². The standard InChI is InChI=1S/C22H23N3O4S/c1-24-15-18(30(27,28)25-12-11-16-7-3-5-9-19(16)25)13-20(24)22(26)23-14-17-8-4-6-10-21(17)29-2/h3-10,13,15H,11-12,14H2,1-2H3,(H,23,26). The van der Waals surface area contributed by atoms with Gasteiger partial charge in [0, 0.05) is 31.9 Å². The van der Waals surface area contributed by atoms with Gasteiger partial charge >= 0.3 is 0 Å². The lowest BCUT2D eigenvalue weighted by Crippen LogP contribution is -2.28. The van der Waals surface area contributed by atoms with Gasteiger partial charge < -0.3 is 14.6 Å². The maximum absolute atomic E-state index is 13.2. The lowest BCUT2D eigenvalue weighted by atomic mass is 10.2. The zero-order valence-electron chi connectivity index (χ0n) is 16.8. The number of nitrogens with zero attached hydrogens (tertiary/aromatic N) is 2. The molecule has 2 heterocycles. The van der Waals surface area contributed by atoms with E-state index in [-0.39, 0.29) is 23.0 Å². The van der Waals surface area contributed by atoms with Gasteiger partial charge in [-0.3, -0.25) is 9.10 Å². The molecule has 0 fully saturated rings. The number of carbonyl (C=O) groups excluding carboxylic acids is 1. The Kier molecular flexibility index (Phi) is 5.26. The zero-order valence-corrected chi connectivity index (χ0v) is 17.6. The van der Waals surface area contributed by atoms with Crippen molar-refractivity contribution >= 4 is 21.6 Å². The third-order valence-electron chi connectivity index (χ3n) is 5.28. The number of hydrogen-bond donors (Lipinski definition) is 1. The quantitative estimate of drug-likeness (QED) is 0.659. The molecule has 0 aliphatic carbocycles. The number of aromatic nitrogens is 1. The molecule has 0 saturated carbocycles. The van der Waals surface area contributed by atoms with Crippen molar-refractivity contribution in [2.75, 3.05) is 18.0 Å². The number of benzene rings is 2.